The van der Waals surface area contributed by atoms with E-state index in [0.717, 1.165) is 0 Å². The van der Waals surface area contributed by atoms with E-state index in [4.69, 9.17) is 5.73 Å². The van der Waals surface area contributed by atoms with Crippen LogP contribution >= 0.6 is 0 Å². The molecule has 0 bridgehead atoms. The quantitative estimate of drug-likeness (QED) is 0.681. The fourth-order valence-corrected chi connectivity index (χ4v) is 1.89. The molecule has 2 N–H and O–H groups in total. The molecule has 0 radical (unpaired) electrons. The molecule has 2 rings (SSSR count). The van der Waals surface area contributed by atoms with Gasteiger partial charge in [0.25, 0.3) is 0 Å². The average molecular weight is 269 g/mol. The van der Waals surface area contributed by atoms with Crippen LogP contribution in [0.15, 0.2) is 54.6 Å². The van der Waals surface area contributed by atoms with Crippen molar-refractivity contribution in [3.05, 3.63) is 71.3 Å². The maximum atomic E-state index is 12.3. The summed E-state index contributed by atoms with van der Waals surface area (Å²) < 4.78 is 4.60. The van der Waals surface area contributed by atoms with E-state index >= 15 is 0 Å². The molecule has 0 fully saturated rings. The summed E-state index contributed by atoms with van der Waals surface area (Å²) in [5, 5.41) is 0. The highest BCUT2D eigenvalue weighted by molar-refractivity contribution is 6.09. The third-order valence-corrected chi connectivity index (χ3v) is 3.00. The minimum Gasteiger partial charge on any atom is -0.468 e. The molecular weight excluding hydrogens is 254 g/mol. The second-order valence-corrected chi connectivity index (χ2v) is 4.32. The Kier molecular flexibility index (Phi) is 4.27. The number of benzene rings is 2. The van der Waals surface area contributed by atoms with Crippen molar-refractivity contribution in [2.75, 3.05) is 7.11 Å². The van der Waals surface area contributed by atoms with Gasteiger partial charge in [-0.1, -0.05) is 48.5 Å². The molecule has 4 nitrogen and oxygen atoms in total. The number of hydrogen-bond acceptors (Lipinski definition) is 4. The van der Waals surface area contributed by atoms with Crippen molar-refractivity contribution in [1.29, 1.82) is 0 Å². The number of hydrogen-bond donors (Lipinski definition) is 1. The zero-order valence-corrected chi connectivity index (χ0v) is 11.1. The molecular formula is C16H15NO3. The fourth-order valence-electron chi connectivity index (χ4n) is 1.89. The molecule has 1 unspecified atom stereocenters. The van der Waals surface area contributed by atoms with Gasteiger partial charge in [0.2, 0.25) is 0 Å². The SMILES string of the molecule is COC(=O)C(N)c1cccc(C(=O)c2ccccc2)c1. The van der Waals surface area contributed by atoms with Crippen LogP contribution < -0.4 is 5.73 Å². The summed E-state index contributed by atoms with van der Waals surface area (Å²) in [5.74, 6) is -0.640. The van der Waals surface area contributed by atoms with Crippen molar-refractivity contribution in [2.24, 2.45) is 5.73 Å². The number of carbonyl (C=O) groups is 2. The molecule has 0 heterocycles. The topological polar surface area (TPSA) is 69.4 Å². The lowest BCUT2D eigenvalue weighted by Gasteiger charge is -2.10. The Morgan fingerprint density at radius 3 is 2.30 bits per heavy atom. The second kappa shape index (κ2) is 6.12. The van der Waals surface area contributed by atoms with Crippen molar-refractivity contribution in [2.45, 2.75) is 6.04 Å². The number of esters is 1. The van der Waals surface area contributed by atoms with E-state index in [1.807, 2.05) is 6.07 Å². The van der Waals surface area contributed by atoms with Gasteiger partial charge < -0.3 is 10.5 Å². The number of ketones is 1. The molecule has 0 saturated heterocycles. The Morgan fingerprint density at radius 2 is 1.65 bits per heavy atom. The highest BCUT2D eigenvalue weighted by Crippen LogP contribution is 2.16. The van der Waals surface area contributed by atoms with Gasteiger partial charge in [-0.3, -0.25) is 9.59 Å². The summed E-state index contributed by atoms with van der Waals surface area (Å²) in [7, 11) is 1.28. The second-order valence-electron chi connectivity index (χ2n) is 4.32. The summed E-state index contributed by atoms with van der Waals surface area (Å²) >= 11 is 0. The van der Waals surface area contributed by atoms with Crippen molar-refractivity contribution in [1.82, 2.24) is 0 Å². The predicted octanol–water partition coefficient (Wildman–Crippen LogP) is 2.09. The monoisotopic (exact) mass is 269 g/mol. The number of nitrogens with two attached hydrogens (primary N) is 1. The van der Waals surface area contributed by atoms with Gasteiger partial charge >= 0.3 is 5.97 Å². The maximum Gasteiger partial charge on any atom is 0.327 e. The Hall–Kier alpha value is -2.46. The third-order valence-electron chi connectivity index (χ3n) is 3.00. The van der Waals surface area contributed by atoms with Gasteiger partial charge in [-0.05, 0) is 11.6 Å². The first-order valence-corrected chi connectivity index (χ1v) is 6.16. The van der Waals surface area contributed by atoms with Crippen molar-refractivity contribution in [3.63, 3.8) is 0 Å². The van der Waals surface area contributed by atoms with Crippen LogP contribution in [0.3, 0.4) is 0 Å². The van der Waals surface area contributed by atoms with E-state index in [9.17, 15) is 9.59 Å². The van der Waals surface area contributed by atoms with Crippen molar-refractivity contribution < 1.29 is 14.3 Å². The summed E-state index contributed by atoms with van der Waals surface area (Å²) in [6, 6.07) is 14.8. The third kappa shape index (κ3) is 2.92. The van der Waals surface area contributed by atoms with Crippen LogP contribution in [-0.2, 0) is 9.53 Å². The van der Waals surface area contributed by atoms with E-state index < -0.39 is 12.0 Å². The smallest absolute Gasteiger partial charge is 0.327 e. The molecule has 1 atom stereocenters. The first-order chi connectivity index (χ1) is 9.63. The number of carbonyl (C=O) groups excluding carboxylic acids is 2. The Morgan fingerprint density at radius 1 is 1.00 bits per heavy atom. The molecule has 2 aromatic rings. The molecule has 0 aliphatic carbocycles. The van der Waals surface area contributed by atoms with Crippen LogP contribution in [0.1, 0.15) is 27.5 Å². The highest BCUT2D eigenvalue weighted by atomic mass is 16.5. The number of rotatable bonds is 4. The Labute approximate surface area is 117 Å². The summed E-state index contributed by atoms with van der Waals surface area (Å²) in [6.07, 6.45) is 0. The van der Waals surface area contributed by atoms with Gasteiger partial charge in [0, 0.05) is 11.1 Å². The lowest BCUT2D eigenvalue weighted by Crippen LogP contribution is -2.22. The molecule has 102 valence electrons. The van der Waals surface area contributed by atoms with Crippen LogP contribution in [0.4, 0.5) is 0 Å². The van der Waals surface area contributed by atoms with Gasteiger partial charge in [0.15, 0.2) is 5.78 Å². The van der Waals surface area contributed by atoms with Crippen molar-refractivity contribution >= 4 is 11.8 Å². The molecule has 0 amide bonds. The fraction of sp³-hybridized carbons (Fsp3) is 0.125. The summed E-state index contributed by atoms with van der Waals surface area (Å²) in [6.45, 7) is 0. The minimum atomic E-state index is -0.886. The largest absolute Gasteiger partial charge is 0.468 e. The molecule has 20 heavy (non-hydrogen) atoms. The molecule has 0 saturated carbocycles. The number of methoxy groups -OCH3 is 1. The van der Waals surface area contributed by atoms with Gasteiger partial charge in [0.1, 0.15) is 6.04 Å². The Bertz CT molecular complexity index is 623. The van der Waals surface area contributed by atoms with Crippen LogP contribution in [0.5, 0.6) is 0 Å². The first kappa shape index (κ1) is 14.0. The van der Waals surface area contributed by atoms with Gasteiger partial charge in [-0.25, -0.2) is 0 Å². The molecule has 4 heteroatoms. The molecule has 0 aromatic heterocycles. The highest BCUT2D eigenvalue weighted by Gasteiger charge is 2.18. The van der Waals surface area contributed by atoms with Crippen molar-refractivity contribution in [3.8, 4) is 0 Å². The van der Waals surface area contributed by atoms with E-state index in [-0.39, 0.29) is 5.78 Å². The van der Waals surface area contributed by atoms with E-state index in [2.05, 4.69) is 4.74 Å². The summed E-state index contributed by atoms with van der Waals surface area (Å²) in [5.41, 5.74) is 7.41. The van der Waals surface area contributed by atoms with Crippen LogP contribution in [0, 0.1) is 0 Å². The van der Waals surface area contributed by atoms with Gasteiger partial charge in [-0.15, -0.1) is 0 Å². The lowest BCUT2D eigenvalue weighted by molar-refractivity contribution is -0.142. The molecule has 0 spiro atoms. The average Bonchev–Trinajstić information content (AvgIpc) is 2.53. The van der Waals surface area contributed by atoms with Crippen LogP contribution in [0.2, 0.25) is 0 Å². The van der Waals surface area contributed by atoms with E-state index in [0.29, 0.717) is 16.7 Å². The normalized spacial score (nSPS) is 11.7. The molecule has 0 aliphatic heterocycles. The van der Waals surface area contributed by atoms with Gasteiger partial charge in [0.05, 0.1) is 7.11 Å². The zero-order chi connectivity index (χ0) is 14.5. The van der Waals surface area contributed by atoms with E-state index in [1.54, 1.807) is 48.5 Å². The molecule has 2 aromatic carbocycles. The summed E-state index contributed by atoms with van der Waals surface area (Å²) in [4.78, 5) is 23.7. The zero-order valence-electron chi connectivity index (χ0n) is 11.1. The predicted molar refractivity (Wildman–Crippen MR) is 75.3 cm³/mol. The standard InChI is InChI=1S/C16H15NO3/c1-20-16(19)14(17)12-8-5-9-13(10-12)15(18)11-6-3-2-4-7-11/h2-10,14H,17H2,1H3. The van der Waals surface area contributed by atoms with E-state index in [1.165, 1.54) is 7.11 Å². The maximum absolute atomic E-state index is 12.3. The Balaban J connectivity index is 2.31. The van der Waals surface area contributed by atoms with Gasteiger partial charge in [-0.2, -0.15) is 0 Å². The lowest BCUT2D eigenvalue weighted by atomic mass is 9.99. The minimum absolute atomic E-state index is 0.107. The first-order valence-electron chi connectivity index (χ1n) is 6.16. The molecule has 0 aliphatic rings. The number of ether oxygens (including phenoxy) is 1. The van der Waals surface area contributed by atoms with Crippen LogP contribution in [0.25, 0.3) is 0 Å². The van der Waals surface area contributed by atoms with Crippen LogP contribution in [-0.4, -0.2) is 18.9 Å².